The second-order valence-corrected chi connectivity index (χ2v) is 5.32. The molecule has 1 atom stereocenters. The van der Waals surface area contributed by atoms with Gasteiger partial charge in [-0.15, -0.1) is 0 Å². The van der Waals surface area contributed by atoms with E-state index in [9.17, 15) is 18.0 Å². The summed E-state index contributed by atoms with van der Waals surface area (Å²) in [6.07, 6.45) is -3.00. The number of carbonyl (C=O) groups excluding carboxylic acids is 1. The number of amides is 2. The lowest BCUT2D eigenvalue weighted by Crippen LogP contribution is -2.39. The highest BCUT2D eigenvalue weighted by Gasteiger charge is 2.36. The average molecular weight is 337 g/mol. The van der Waals surface area contributed by atoms with Crippen LogP contribution < -0.4 is 10.1 Å². The minimum atomic E-state index is -4.48. The maximum Gasteiger partial charge on any atom is 0.416 e. The zero-order valence-electron chi connectivity index (χ0n) is 12.9. The molecule has 0 bridgehead atoms. The first kappa shape index (κ1) is 16.1. The van der Waals surface area contributed by atoms with Crippen LogP contribution in [0.15, 0.2) is 36.5 Å². The number of carbonyl (C=O) groups is 1. The molecule has 2 amide bonds. The first-order chi connectivity index (χ1) is 11.3. The lowest BCUT2D eigenvalue weighted by Gasteiger charge is -2.33. The second-order valence-electron chi connectivity index (χ2n) is 5.32. The number of hydrogen-bond acceptors (Lipinski definition) is 3. The Morgan fingerprint density at radius 3 is 2.71 bits per heavy atom. The molecular formula is C16H14F3N3O2. The summed E-state index contributed by atoms with van der Waals surface area (Å²) in [5, 5.41) is 2.51. The van der Waals surface area contributed by atoms with E-state index < -0.39 is 17.8 Å². The molecule has 0 saturated carbocycles. The fourth-order valence-electron chi connectivity index (χ4n) is 2.70. The molecule has 5 nitrogen and oxygen atoms in total. The maximum absolute atomic E-state index is 12.9. The molecule has 2 heterocycles. The number of halogens is 3. The molecule has 24 heavy (non-hydrogen) atoms. The molecule has 1 N–H and O–H groups in total. The highest BCUT2D eigenvalue weighted by molar-refractivity contribution is 5.75. The van der Waals surface area contributed by atoms with Crippen molar-refractivity contribution in [3.05, 3.63) is 53.2 Å². The van der Waals surface area contributed by atoms with E-state index in [1.807, 2.05) is 0 Å². The molecular weight excluding hydrogens is 323 g/mol. The Morgan fingerprint density at radius 1 is 1.29 bits per heavy atom. The smallest absolute Gasteiger partial charge is 0.416 e. The summed E-state index contributed by atoms with van der Waals surface area (Å²) in [6, 6.07) is 5.68. The number of aromatic nitrogens is 1. The molecule has 2 aromatic rings. The number of hydrogen-bond donors (Lipinski definition) is 1. The molecule has 1 aliphatic rings. The SMILES string of the molecule is CNC(=O)N(C)C1c2ccc(C(F)(F)F)cc2Oc2ncccc21. The summed E-state index contributed by atoms with van der Waals surface area (Å²) in [4.78, 5) is 17.5. The Bertz CT molecular complexity index is 792. The van der Waals surface area contributed by atoms with E-state index >= 15 is 0 Å². The van der Waals surface area contributed by atoms with Gasteiger partial charge in [-0.1, -0.05) is 6.07 Å². The van der Waals surface area contributed by atoms with Crippen molar-refractivity contribution in [1.82, 2.24) is 15.2 Å². The molecule has 1 unspecified atom stereocenters. The highest BCUT2D eigenvalue weighted by Crippen LogP contribution is 2.46. The fraction of sp³-hybridized carbons (Fsp3) is 0.250. The van der Waals surface area contributed by atoms with E-state index in [4.69, 9.17) is 4.74 Å². The Morgan fingerprint density at radius 2 is 2.04 bits per heavy atom. The van der Waals surface area contributed by atoms with Gasteiger partial charge in [0.2, 0.25) is 5.88 Å². The van der Waals surface area contributed by atoms with Crippen LogP contribution in [0.25, 0.3) is 0 Å². The largest absolute Gasteiger partial charge is 0.438 e. The molecule has 126 valence electrons. The van der Waals surface area contributed by atoms with Crippen LogP contribution >= 0.6 is 0 Å². The number of alkyl halides is 3. The summed E-state index contributed by atoms with van der Waals surface area (Å²) in [7, 11) is 3.04. The number of rotatable bonds is 1. The van der Waals surface area contributed by atoms with Gasteiger partial charge in [-0.25, -0.2) is 9.78 Å². The van der Waals surface area contributed by atoms with Gasteiger partial charge in [-0.05, 0) is 24.3 Å². The van der Waals surface area contributed by atoms with Gasteiger partial charge in [0.15, 0.2) is 0 Å². The predicted molar refractivity (Wildman–Crippen MR) is 79.8 cm³/mol. The molecule has 0 radical (unpaired) electrons. The van der Waals surface area contributed by atoms with Gasteiger partial charge in [0.05, 0.1) is 11.6 Å². The van der Waals surface area contributed by atoms with Crippen molar-refractivity contribution in [2.45, 2.75) is 12.2 Å². The minimum absolute atomic E-state index is 0.0387. The van der Waals surface area contributed by atoms with Crippen LogP contribution in [-0.4, -0.2) is 30.0 Å². The van der Waals surface area contributed by atoms with Crippen molar-refractivity contribution in [3.63, 3.8) is 0 Å². The van der Waals surface area contributed by atoms with Gasteiger partial charge in [-0.2, -0.15) is 13.2 Å². The van der Waals surface area contributed by atoms with E-state index in [2.05, 4.69) is 10.3 Å². The summed E-state index contributed by atoms with van der Waals surface area (Å²) in [6.45, 7) is 0. The third-order valence-electron chi connectivity index (χ3n) is 3.86. The van der Waals surface area contributed by atoms with Crippen molar-refractivity contribution in [2.75, 3.05) is 14.1 Å². The monoisotopic (exact) mass is 337 g/mol. The number of nitrogens with one attached hydrogen (secondary N) is 1. The van der Waals surface area contributed by atoms with E-state index in [0.29, 0.717) is 11.1 Å². The lowest BCUT2D eigenvalue weighted by molar-refractivity contribution is -0.137. The van der Waals surface area contributed by atoms with Crippen molar-refractivity contribution >= 4 is 6.03 Å². The molecule has 3 rings (SSSR count). The minimum Gasteiger partial charge on any atom is -0.438 e. The Hall–Kier alpha value is -2.77. The first-order valence-corrected chi connectivity index (χ1v) is 7.11. The number of nitrogens with zero attached hydrogens (tertiary/aromatic N) is 2. The van der Waals surface area contributed by atoms with E-state index in [1.165, 1.54) is 24.2 Å². The first-order valence-electron chi connectivity index (χ1n) is 7.11. The Kier molecular flexibility index (Phi) is 3.82. The normalized spacial score (nSPS) is 15.8. The van der Waals surface area contributed by atoms with E-state index in [0.717, 1.165) is 12.1 Å². The molecule has 0 aliphatic carbocycles. The van der Waals surface area contributed by atoms with Crippen LogP contribution in [-0.2, 0) is 6.18 Å². The Labute approximate surface area is 136 Å². The zero-order valence-corrected chi connectivity index (χ0v) is 12.9. The lowest BCUT2D eigenvalue weighted by atomic mass is 9.94. The number of benzene rings is 1. The molecule has 1 aromatic heterocycles. The van der Waals surface area contributed by atoms with Crippen molar-refractivity contribution in [2.24, 2.45) is 0 Å². The summed E-state index contributed by atoms with van der Waals surface area (Å²) >= 11 is 0. The topological polar surface area (TPSA) is 54.5 Å². The average Bonchev–Trinajstić information content (AvgIpc) is 2.56. The van der Waals surface area contributed by atoms with Crippen molar-refractivity contribution < 1.29 is 22.7 Å². The summed E-state index contributed by atoms with van der Waals surface area (Å²) < 4.78 is 44.4. The van der Waals surface area contributed by atoms with Crippen molar-refractivity contribution in [1.29, 1.82) is 0 Å². The molecule has 1 aliphatic heterocycles. The molecule has 0 saturated heterocycles. The van der Waals surface area contributed by atoms with Gasteiger partial charge < -0.3 is 15.0 Å². The Balaban J connectivity index is 2.15. The van der Waals surface area contributed by atoms with Crippen LogP contribution in [0.1, 0.15) is 22.7 Å². The maximum atomic E-state index is 12.9. The van der Waals surface area contributed by atoms with Crippen LogP contribution in [0.4, 0.5) is 18.0 Å². The predicted octanol–water partition coefficient (Wildman–Crippen LogP) is 3.57. The van der Waals surface area contributed by atoms with E-state index in [-0.39, 0.29) is 17.7 Å². The second kappa shape index (κ2) is 5.70. The van der Waals surface area contributed by atoms with Gasteiger partial charge in [0.25, 0.3) is 0 Å². The molecule has 0 spiro atoms. The van der Waals surface area contributed by atoms with Crippen molar-refractivity contribution in [3.8, 4) is 11.6 Å². The molecule has 0 fully saturated rings. The summed E-state index contributed by atoms with van der Waals surface area (Å²) in [5.41, 5.74) is 0.257. The zero-order chi connectivity index (χ0) is 17.5. The van der Waals surface area contributed by atoms with Gasteiger partial charge >= 0.3 is 12.2 Å². The van der Waals surface area contributed by atoms with Crippen LogP contribution in [0.3, 0.4) is 0 Å². The van der Waals surface area contributed by atoms with Gasteiger partial charge in [0.1, 0.15) is 5.75 Å². The molecule has 1 aromatic carbocycles. The van der Waals surface area contributed by atoms with Crippen LogP contribution in [0, 0.1) is 0 Å². The van der Waals surface area contributed by atoms with Gasteiger partial charge in [-0.3, -0.25) is 0 Å². The van der Waals surface area contributed by atoms with Crippen LogP contribution in [0.2, 0.25) is 0 Å². The number of ether oxygens (including phenoxy) is 1. The standard InChI is InChI=1S/C16H14F3N3O2/c1-20-15(23)22(2)13-10-6-5-9(16(17,18)19)8-12(10)24-14-11(13)4-3-7-21-14/h3-8,13H,1-2H3,(H,20,23). The van der Waals surface area contributed by atoms with Gasteiger partial charge in [0, 0.05) is 31.4 Å². The number of fused-ring (bicyclic) bond motifs is 2. The van der Waals surface area contributed by atoms with E-state index in [1.54, 1.807) is 19.2 Å². The van der Waals surface area contributed by atoms with Crippen LogP contribution in [0.5, 0.6) is 11.6 Å². The summed E-state index contributed by atoms with van der Waals surface area (Å²) in [5.74, 6) is 0.224. The number of urea groups is 1. The number of pyridine rings is 1. The fourth-order valence-corrected chi connectivity index (χ4v) is 2.70. The molecule has 8 heteroatoms. The third kappa shape index (κ3) is 2.64. The quantitative estimate of drug-likeness (QED) is 0.866. The third-order valence-corrected chi connectivity index (χ3v) is 3.86. The highest BCUT2D eigenvalue weighted by atomic mass is 19.4.